The molecule has 0 fully saturated rings. The summed E-state index contributed by atoms with van der Waals surface area (Å²) >= 11 is 1.54. The second-order valence-corrected chi connectivity index (χ2v) is 6.46. The molecule has 0 saturated carbocycles. The molecular formula is C18H19F3N2OS. The Bertz CT molecular complexity index is 717. The number of para-hydroxylation sites is 1. The van der Waals surface area contributed by atoms with E-state index in [1.807, 2.05) is 30.5 Å². The van der Waals surface area contributed by atoms with Crippen molar-refractivity contribution in [3.05, 3.63) is 59.7 Å². The minimum Gasteiger partial charge on any atom is -0.324 e. The Balaban J connectivity index is 1.91. The van der Waals surface area contributed by atoms with Crippen LogP contribution in [0.4, 0.5) is 18.9 Å². The van der Waals surface area contributed by atoms with Crippen molar-refractivity contribution in [1.82, 2.24) is 4.90 Å². The zero-order valence-corrected chi connectivity index (χ0v) is 14.7. The minimum absolute atomic E-state index is 0.143. The van der Waals surface area contributed by atoms with E-state index in [2.05, 4.69) is 5.32 Å². The Morgan fingerprint density at radius 1 is 1.12 bits per heavy atom. The van der Waals surface area contributed by atoms with Crippen LogP contribution in [0, 0.1) is 0 Å². The third-order valence-electron chi connectivity index (χ3n) is 3.53. The number of hydrogen-bond acceptors (Lipinski definition) is 3. The Labute approximate surface area is 149 Å². The molecule has 2 aromatic rings. The Morgan fingerprint density at radius 2 is 1.76 bits per heavy atom. The summed E-state index contributed by atoms with van der Waals surface area (Å²) in [6.07, 6.45) is -2.41. The topological polar surface area (TPSA) is 32.3 Å². The van der Waals surface area contributed by atoms with Crippen LogP contribution in [0.5, 0.6) is 0 Å². The fourth-order valence-corrected chi connectivity index (χ4v) is 2.90. The van der Waals surface area contributed by atoms with Gasteiger partial charge in [-0.25, -0.2) is 0 Å². The highest BCUT2D eigenvalue weighted by atomic mass is 32.2. The maximum atomic E-state index is 12.6. The van der Waals surface area contributed by atoms with Crippen molar-refractivity contribution >= 4 is 23.4 Å². The smallest absolute Gasteiger partial charge is 0.324 e. The first-order valence-corrected chi connectivity index (χ1v) is 8.79. The molecule has 2 aromatic carbocycles. The number of benzene rings is 2. The van der Waals surface area contributed by atoms with Crippen LogP contribution >= 0.6 is 11.8 Å². The number of nitrogens with one attached hydrogen (secondary N) is 1. The van der Waals surface area contributed by atoms with Crippen molar-refractivity contribution in [3.63, 3.8) is 0 Å². The summed E-state index contributed by atoms with van der Waals surface area (Å²) < 4.78 is 37.7. The first-order chi connectivity index (χ1) is 11.8. The van der Waals surface area contributed by atoms with Crippen molar-refractivity contribution in [2.24, 2.45) is 0 Å². The fourth-order valence-electron chi connectivity index (χ4n) is 2.35. The zero-order chi connectivity index (χ0) is 18.4. The highest BCUT2D eigenvalue weighted by Crippen LogP contribution is 2.29. The number of hydrogen-bond donors (Lipinski definition) is 1. The predicted molar refractivity (Wildman–Crippen MR) is 94.6 cm³/mol. The molecule has 134 valence electrons. The predicted octanol–water partition coefficient (Wildman–Crippen LogP) is 4.50. The van der Waals surface area contributed by atoms with E-state index < -0.39 is 11.7 Å². The van der Waals surface area contributed by atoms with Crippen LogP contribution < -0.4 is 5.32 Å². The maximum Gasteiger partial charge on any atom is 0.416 e. The van der Waals surface area contributed by atoms with E-state index >= 15 is 0 Å². The Kier molecular flexibility index (Phi) is 6.50. The number of anilines is 1. The number of likely N-dealkylation sites (N-methyl/N-ethyl adjacent to an activating group) is 1. The van der Waals surface area contributed by atoms with Gasteiger partial charge in [0.1, 0.15) is 0 Å². The molecule has 0 unspecified atom stereocenters. The van der Waals surface area contributed by atoms with E-state index in [0.717, 1.165) is 22.7 Å². The van der Waals surface area contributed by atoms with Gasteiger partial charge in [-0.2, -0.15) is 13.2 Å². The Hall–Kier alpha value is -1.99. The summed E-state index contributed by atoms with van der Waals surface area (Å²) in [5, 5.41) is 2.86. The number of rotatable bonds is 6. The second-order valence-electron chi connectivity index (χ2n) is 5.62. The van der Waals surface area contributed by atoms with Crippen LogP contribution in [0.1, 0.15) is 11.1 Å². The summed E-state index contributed by atoms with van der Waals surface area (Å²) in [5.41, 5.74) is 0.793. The second kappa shape index (κ2) is 8.40. The molecular weight excluding hydrogens is 349 g/mol. The van der Waals surface area contributed by atoms with E-state index in [-0.39, 0.29) is 12.5 Å². The molecule has 0 heterocycles. The summed E-state index contributed by atoms with van der Waals surface area (Å²) in [7, 11) is 1.75. The van der Waals surface area contributed by atoms with Gasteiger partial charge in [0.25, 0.3) is 0 Å². The summed E-state index contributed by atoms with van der Waals surface area (Å²) in [6, 6.07) is 12.5. The van der Waals surface area contributed by atoms with Crippen LogP contribution in [-0.2, 0) is 17.5 Å². The largest absolute Gasteiger partial charge is 0.416 e. The van der Waals surface area contributed by atoms with E-state index in [4.69, 9.17) is 0 Å². The third kappa shape index (κ3) is 5.79. The maximum absolute atomic E-state index is 12.6. The van der Waals surface area contributed by atoms with Crippen molar-refractivity contribution < 1.29 is 18.0 Å². The molecule has 0 aliphatic carbocycles. The summed E-state index contributed by atoms with van der Waals surface area (Å²) in [4.78, 5) is 14.9. The van der Waals surface area contributed by atoms with Gasteiger partial charge in [0.15, 0.2) is 0 Å². The zero-order valence-electron chi connectivity index (χ0n) is 13.9. The molecule has 25 heavy (non-hydrogen) atoms. The molecule has 1 amide bonds. The molecule has 0 bridgehead atoms. The molecule has 1 N–H and O–H groups in total. The standard InChI is InChI=1S/C18H19F3N2OS/c1-23(11-13-7-9-14(10-8-13)18(19,20)21)12-17(24)22-15-5-3-4-6-16(15)25-2/h3-10H,11-12H2,1-2H3,(H,22,24). The summed E-state index contributed by atoms with van der Waals surface area (Å²) in [6.45, 7) is 0.527. The first kappa shape index (κ1) is 19.3. The van der Waals surface area contributed by atoms with Crippen LogP contribution in [-0.4, -0.2) is 30.7 Å². The molecule has 0 aromatic heterocycles. The van der Waals surface area contributed by atoms with Gasteiger partial charge in [-0.3, -0.25) is 9.69 Å². The van der Waals surface area contributed by atoms with Crippen LogP contribution in [0.2, 0.25) is 0 Å². The van der Waals surface area contributed by atoms with E-state index in [9.17, 15) is 18.0 Å². The van der Waals surface area contributed by atoms with Gasteiger partial charge >= 0.3 is 6.18 Å². The highest BCUT2D eigenvalue weighted by Gasteiger charge is 2.29. The van der Waals surface area contributed by atoms with Crippen LogP contribution in [0.3, 0.4) is 0 Å². The van der Waals surface area contributed by atoms with Gasteiger partial charge in [0.05, 0.1) is 17.8 Å². The number of thioether (sulfide) groups is 1. The Morgan fingerprint density at radius 3 is 2.36 bits per heavy atom. The minimum atomic E-state index is -4.34. The number of alkyl halides is 3. The third-order valence-corrected chi connectivity index (χ3v) is 4.32. The highest BCUT2D eigenvalue weighted by molar-refractivity contribution is 7.98. The molecule has 2 rings (SSSR count). The number of carbonyl (C=O) groups excluding carboxylic acids is 1. The van der Waals surface area contributed by atoms with Gasteiger partial charge in [0, 0.05) is 11.4 Å². The lowest BCUT2D eigenvalue weighted by atomic mass is 10.1. The molecule has 0 spiro atoms. The molecule has 0 radical (unpaired) electrons. The van der Waals surface area contributed by atoms with Gasteiger partial charge in [-0.15, -0.1) is 11.8 Å². The normalized spacial score (nSPS) is 11.6. The molecule has 3 nitrogen and oxygen atoms in total. The van der Waals surface area contributed by atoms with E-state index in [0.29, 0.717) is 12.1 Å². The summed E-state index contributed by atoms with van der Waals surface area (Å²) in [5.74, 6) is -0.170. The van der Waals surface area contributed by atoms with Crippen molar-refractivity contribution in [3.8, 4) is 0 Å². The molecule has 0 atom stereocenters. The van der Waals surface area contributed by atoms with Gasteiger partial charge in [-0.1, -0.05) is 24.3 Å². The number of nitrogens with zero attached hydrogens (tertiary/aromatic N) is 1. The lowest BCUT2D eigenvalue weighted by molar-refractivity contribution is -0.137. The van der Waals surface area contributed by atoms with Gasteiger partial charge in [-0.05, 0) is 43.1 Å². The van der Waals surface area contributed by atoms with Crippen molar-refractivity contribution in [2.75, 3.05) is 25.2 Å². The van der Waals surface area contributed by atoms with E-state index in [1.165, 1.54) is 12.1 Å². The first-order valence-electron chi connectivity index (χ1n) is 7.57. The van der Waals surface area contributed by atoms with E-state index in [1.54, 1.807) is 23.7 Å². The molecule has 7 heteroatoms. The molecule has 0 aliphatic heterocycles. The lowest BCUT2D eigenvalue weighted by Crippen LogP contribution is -2.30. The van der Waals surface area contributed by atoms with Crippen LogP contribution in [0.25, 0.3) is 0 Å². The van der Waals surface area contributed by atoms with Gasteiger partial charge in [0.2, 0.25) is 5.91 Å². The number of carbonyl (C=O) groups is 1. The number of amides is 1. The SMILES string of the molecule is CSc1ccccc1NC(=O)CN(C)Cc1ccc(C(F)(F)F)cc1. The quantitative estimate of drug-likeness (QED) is 0.762. The lowest BCUT2D eigenvalue weighted by Gasteiger charge is -2.17. The van der Waals surface area contributed by atoms with Gasteiger partial charge < -0.3 is 5.32 Å². The van der Waals surface area contributed by atoms with Crippen molar-refractivity contribution in [2.45, 2.75) is 17.6 Å². The monoisotopic (exact) mass is 368 g/mol. The molecule has 0 saturated heterocycles. The average Bonchev–Trinajstić information content (AvgIpc) is 2.54. The molecule has 0 aliphatic rings. The fraction of sp³-hybridized carbons (Fsp3) is 0.278. The number of halogens is 3. The van der Waals surface area contributed by atoms with Crippen molar-refractivity contribution in [1.29, 1.82) is 0 Å². The average molecular weight is 368 g/mol. The van der Waals surface area contributed by atoms with Crippen LogP contribution in [0.15, 0.2) is 53.4 Å².